The van der Waals surface area contributed by atoms with Crippen LogP contribution in [0.25, 0.3) is 0 Å². The normalized spacial score (nSPS) is 17.3. The van der Waals surface area contributed by atoms with Gasteiger partial charge in [0.25, 0.3) is 5.69 Å². The fourth-order valence-corrected chi connectivity index (χ4v) is 4.06. The average Bonchev–Trinajstić information content (AvgIpc) is 3.29. The van der Waals surface area contributed by atoms with E-state index in [1.165, 1.54) is 11.0 Å². The quantitative estimate of drug-likeness (QED) is 0.492. The first-order valence-corrected chi connectivity index (χ1v) is 10.6. The molecule has 0 atom stereocenters. The van der Waals surface area contributed by atoms with Gasteiger partial charge in [-0.1, -0.05) is 0 Å². The number of nitro benzene ring substituents is 1. The molecular formula is C20H23F3N8O3. The second kappa shape index (κ2) is 8.83. The van der Waals surface area contributed by atoms with E-state index in [1.807, 2.05) is 11.8 Å². The number of aryl methyl sites for hydroxylation is 1. The van der Waals surface area contributed by atoms with Gasteiger partial charge in [-0.3, -0.25) is 15.0 Å². The molecule has 0 radical (unpaired) electrons. The van der Waals surface area contributed by atoms with Crippen LogP contribution in [0.15, 0.2) is 35.5 Å². The predicted molar refractivity (Wildman–Crippen MR) is 117 cm³/mol. The van der Waals surface area contributed by atoms with E-state index in [1.54, 1.807) is 19.1 Å². The summed E-state index contributed by atoms with van der Waals surface area (Å²) < 4.78 is 38.7. The number of carbonyl (C=O) groups is 1. The Morgan fingerprint density at radius 3 is 2.35 bits per heavy atom. The standard InChI is InChI=1S/C20H23F3N8O3/c1-3-28-18(24-13-29(19(28)32)30-7-6-17(25-30)20(21,22)23)27-10-8-26(9-11-27)16-5-4-15(31(33)34)12-14(16)2/h4-7,12H,3,8-11,13H2,1-2H3. The van der Waals surface area contributed by atoms with Crippen molar-refractivity contribution in [1.82, 2.24) is 19.7 Å². The number of hydrogen-bond donors (Lipinski definition) is 0. The summed E-state index contributed by atoms with van der Waals surface area (Å²) in [5, 5.41) is 15.5. The fourth-order valence-electron chi connectivity index (χ4n) is 4.06. The molecule has 0 bridgehead atoms. The highest BCUT2D eigenvalue weighted by atomic mass is 19.4. The summed E-state index contributed by atoms with van der Waals surface area (Å²) in [6.07, 6.45) is -3.52. The molecule has 34 heavy (non-hydrogen) atoms. The van der Waals surface area contributed by atoms with Crippen molar-refractivity contribution >= 4 is 23.4 Å². The highest BCUT2D eigenvalue weighted by Gasteiger charge is 2.37. The molecule has 0 saturated carbocycles. The van der Waals surface area contributed by atoms with Gasteiger partial charge in [-0.25, -0.2) is 9.79 Å². The molecule has 1 aromatic heterocycles. The molecule has 2 aliphatic rings. The van der Waals surface area contributed by atoms with Gasteiger partial charge in [0, 0.05) is 56.7 Å². The van der Waals surface area contributed by atoms with Gasteiger partial charge in [-0.15, -0.1) is 5.10 Å². The third-order valence-corrected chi connectivity index (χ3v) is 5.76. The lowest BCUT2D eigenvalue weighted by atomic mass is 10.1. The maximum Gasteiger partial charge on any atom is 0.435 e. The second-order valence-electron chi connectivity index (χ2n) is 7.85. The van der Waals surface area contributed by atoms with Crippen molar-refractivity contribution in [1.29, 1.82) is 0 Å². The SMILES string of the molecule is CCN1C(=O)N(n2ccc(C(F)(F)F)n2)CN=C1N1CCN(c2ccc([N+](=O)[O-])cc2C)CC1. The van der Waals surface area contributed by atoms with E-state index in [-0.39, 0.29) is 18.9 Å². The molecule has 1 saturated heterocycles. The Bertz CT molecular complexity index is 1120. The summed E-state index contributed by atoms with van der Waals surface area (Å²) in [6, 6.07) is 5.05. The lowest BCUT2D eigenvalue weighted by molar-refractivity contribution is -0.384. The Hall–Kier alpha value is -3.84. The maximum atomic E-state index is 13.0. The van der Waals surface area contributed by atoms with Crippen molar-refractivity contribution < 1.29 is 22.9 Å². The Morgan fingerprint density at radius 1 is 1.12 bits per heavy atom. The Morgan fingerprint density at radius 2 is 1.79 bits per heavy atom. The minimum Gasteiger partial charge on any atom is -0.368 e. The highest BCUT2D eigenvalue weighted by Crippen LogP contribution is 2.28. The zero-order valence-corrected chi connectivity index (χ0v) is 18.6. The van der Waals surface area contributed by atoms with Crippen LogP contribution in [0.3, 0.4) is 0 Å². The van der Waals surface area contributed by atoms with E-state index in [9.17, 15) is 28.1 Å². The number of halogens is 3. The van der Waals surface area contributed by atoms with Crippen LogP contribution in [0.1, 0.15) is 18.2 Å². The van der Waals surface area contributed by atoms with Crippen molar-refractivity contribution in [2.24, 2.45) is 4.99 Å². The summed E-state index contributed by atoms with van der Waals surface area (Å²) in [5.74, 6) is 0.465. The number of urea groups is 1. The number of piperazine rings is 1. The third kappa shape index (κ3) is 4.34. The smallest absolute Gasteiger partial charge is 0.368 e. The lowest BCUT2D eigenvalue weighted by Crippen LogP contribution is -2.61. The van der Waals surface area contributed by atoms with E-state index in [4.69, 9.17) is 0 Å². The van der Waals surface area contributed by atoms with Gasteiger partial charge >= 0.3 is 12.2 Å². The monoisotopic (exact) mass is 480 g/mol. The molecule has 4 rings (SSSR count). The van der Waals surface area contributed by atoms with E-state index >= 15 is 0 Å². The number of aromatic nitrogens is 2. The first kappa shape index (κ1) is 23.3. The number of carbonyl (C=O) groups excluding carboxylic acids is 1. The fraction of sp³-hybridized carbons (Fsp3) is 0.450. The number of amides is 2. The van der Waals surface area contributed by atoms with E-state index in [0.717, 1.165) is 33.3 Å². The zero-order valence-electron chi connectivity index (χ0n) is 18.6. The molecular weight excluding hydrogens is 457 g/mol. The Labute approximate surface area is 192 Å². The number of guanidine groups is 1. The van der Waals surface area contributed by atoms with E-state index < -0.39 is 22.8 Å². The minimum absolute atomic E-state index is 0.0395. The molecule has 14 heteroatoms. The molecule has 182 valence electrons. The summed E-state index contributed by atoms with van der Waals surface area (Å²) in [6.45, 7) is 6.04. The molecule has 0 aliphatic carbocycles. The number of benzene rings is 1. The number of hydrogen-bond acceptors (Lipinski definition) is 7. The van der Waals surface area contributed by atoms with Crippen LogP contribution in [-0.4, -0.2) is 76.0 Å². The number of alkyl halides is 3. The van der Waals surface area contributed by atoms with Crippen LogP contribution in [0.5, 0.6) is 0 Å². The number of non-ortho nitro benzene ring substituents is 1. The summed E-state index contributed by atoms with van der Waals surface area (Å²) in [5.41, 5.74) is 0.661. The second-order valence-corrected chi connectivity index (χ2v) is 7.85. The van der Waals surface area contributed by atoms with E-state index in [2.05, 4.69) is 15.0 Å². The molecule has 2 aliphatic heterocycles. The van der Waals surface area contributed by atoms with Gasteiger partial charge in [0.2, 0.25) is 5.96 Å². The molecule has 3 heterocycles. The number of anilines is 1. The lowest BCUT2D eigenvalue weighted by Gasteiger charge is -2.42. The summed E-state index contributed by atoms with van der Waals surface area (Å²) in [7, 11) is 0. The molecule has 1 aromatic carbocycles. The summed E-state index contributed by atoms with van der Waals surface area (Å²) in [4.78, 5) is 34.4. The van der Waals surface area contributed by atoms with Crippen molar-refractivity contribution in [2.75, 3.05) is 49.3 Å². The van der Waals surface area contributed by atoms with Gasteiger partial charge in [0.15, 0.2) is 5.69 Å². The zero-order chi connectivity index (χ0) is 24.6. The van der Waals surface area contributed by atoms with Crippen LogP contribution in [0.2, 0.25) is 0 Å². The Kier molecular flexibility index (Phi) is 6.06. The molecule has 0 unspecified atom stereocenters. The van der Waals surface area contributed by atoms with Gasteiger partial charge in [-0.05, 0) is 31.5 Å². The molecule has 1 fully saturated rings. The largest absolute Gasteiger partial charge is 0.435 e. The third-order valence-electron chi connectivity index (χ3n) is 5.76. The number of nitrogens with zero attached hydrogens (tertiary/aromatic N) is 8. The summed E-state index contributed by atoms with van der Waals surface area (Å²) >= 11 is 0. The van der Waals surface area contributed by atoms with Crippen LogP contribution in [-0.2, 0) is 6.18 Å². The molecule has 2 aromatic rings. The topological polar surface area (TPSA) is 103 Å². The van der Waals surface area contributed by atoms with Gasteiger partial charge in [0.05, 0.1) is 4.92 Å². The average molecular weight is 480 g/mol. The van der Waals surface area contributed by atoms with Crippen molar-refractivity contribution in [2.45, 2.75) is 20.0 Å². The van der Waals surface area contributed by atoms with Crippen LogP contribution >= 0.6 is 0 Å². The van der Waals surface area contributed by atoms with Gasteiger partial charge < -0.3 is 9.80 Å². The van der Waals surface area contributed by atoms with Crippen molar-refractivity contribution in [3.63, 3.8) is 0 Å². The number of nitro groups is 1. The minimum atomic E-state index is -4.61. The first-order valence-electron chi connectivity index (χ1n) is 10.6. The van der Waals surface area contributed by atoms with Gasteiger partial charge in [-0.2, -0.15) is 23.0 Å². The number of rotatable bonds is 4. The predicted octanol–water partition coefficient (Wildman–Crippen LogP) is 2.65. The Balaban J connectivity index is 1.46. The van der Waals surface area contributed by atoms with Crippen molar-refractivity contribution in [3.8, 4) is 0 Å². The first-order chi connectivity index (χ1) is 16.1. The van der Waals surface area contributed by atoms with Crippen LogP contribution in [0.4, 0.5) is 29.3 Å². The van der Waals surface area contributed by atoms with E-state index in [0.29, 0.717) is 32.1 Å². The molecule has 2 amide bonds. The molecule has 11 nitrogen and oxygen atoms in total. The number of aliphatic imine (C=N–C) groups is 1. The van der Waals surface area contributed by atoms with Gasteiger partial charge in [0.1, 0.15) is 6.67 Å². The molecule has 0 spiro atoms. The highest BCUT2D eigenvalue weighted by molar-refractivity contribution is 6.02. The van der Waals surface area contributed by atoms with Crippen LogP contribution in [0, 0.1) is 17.0 Å². The maximum absolute atomic E-state index is 13.0. The molecule has 0 N–H and O–H groups in total. The van der Waals surface area contributed by atoms with Crippen molar-refractivity contribution in [3.05, 3.63) is 51.8 Å². The van der Waals surface area contributed by atoms with Crippen LogP contribution < -0.4 is 9.91 Å².